The van der Waals surface area contributed by atoms with E-state index in [1.54, 1.807) is 0 Å². The molecule has 0 radical (unpaired) electrons. The minimum Gasteiger partial charge on any atom is -0.349 e. The van der Waals surface area contributed by atoms with Gasteiger partial charge in [0.15, 0.2) is 6.17 Å². The number of carbonyl (C=O) groups is 2. The van der Waals surface area contributed by atoms with E-state index in [1.165, 1.54) is 34.4 Å². The molecular weight excluding hydrogens is 543 g/mol. The first-order valence-corrected chi connectivity index (χ1v) is 14.1. The summed E-state index contributed by atoms with van der Waals surface area (Å²) in [6, 6.07) is 15.0. The first-order chi connectivity index (χ1) is 17.2. The Morgan fingerprint density at radius 3 is 2.50 bits per heavy atom. The molecule has 2 aromatic carbocycles. The third-order valence-corrected chi connectivity index (χ3v) is 9.25. The zero-order valence-corrected chi connectivity index (χ0v) is 22.2. The highest BCUT2D eigenvalue weighted by Gasteiger charge is 2.46. The Morgan fingerprint density at radius 1 is 1.03 bits per heavy atom. The van der Waals surface area contributed by atoms with Gasteiger partial charge in [-0.3, -0.25) is 9.59 Å². The van der Waals surface area contributed by atoms with E-state index in [1.807, 2.05) is 41.8 Å². The van der Waals surface area contributed by atoms with Gasteiger partial charge in [-0.2, -0.15) is 4.31 Å². The fourth-order valence-electron chi connectivity index (χ4n) is 3.97. The number of rotatable bonds is 8. The van der Waals surface area contributed by atoms with Gasteiger partial charge < -0.3 is 16.0 Å². The van der Waals surface area contributed by atoms with Crippen LogP contribution in [0.25, 0.3) is 0 Å². The fourth-order valence-corrected chi connectivity index (χ4v) is 6.61. The Bertz CT molecular complexity index is 1370. The first-order valence-electron chi connectivity index (χ1n) is 11.0. The van der Waals surface area contributed by atoms with Crippen LogP contribution in [0.2, 0.25) is 10.0 Å². The van der Waals surface area contributed by atoms with E-state index in [-0.39, 0.29) is 46.9 Å². The Kier molecular flexibility index (Phi) is 8.34. The molecular formula is C24H24Cl2N4O4S2. The van der Waals surface area contributed by atoms with Gasteiger partial charge >= 0.3 is 0 Å². The van der Waals surface area contributed by atoms with Crippen molar-refractivity contribution in [1.29, 1.82) is 0 Å². The number of nitrogens with two attached hydrogens (primary N) is 1. The Labute approximate surface area is 223 Å². The molecule has 8 nitrogen and oxygen atoms in total. The van der Waals surface area contributed by atoms with Crippen LogP contribution in [0.3, 0.4) is 0 Å². The summed E-state index contributed by atoms with van der Waals surface area (Å²) in [5, 5.41) is 4.92. The average Bonchev–Trinajstić information content (AvgIpc) is 3.54. The predicted molar refractivity (Wildman–Crippen MR) is 140 cm³/mol. The summed E-state index contributed by atoms with van der Waals surface area (Å²) in [6.07, 6.45) is -1.28. The lowest BCUT2D eigenvalue weighted by molar-refractivity contribution is -0.140. The number of nitrogens with one attached hydrogen (secondary N) is 1. The van der Waals surface area contributed by atoms with Crippen molar-refractivity contribution in [3.8, 4) is 0 Å². The molecule has 0 aliphatic carbocycles. The van der Waals surface area contributed by atoms with Crippen LogP contribution in [0.5, 0.6) is 0 Å². The third-order valence-electron chi connectivity index (χ3n) is 5.78. The smallest absolute Gasteiger partial charge is 0.259 e. The number of hydrogen-bond donors (Lipinski definition) is 2. The van der Waals surface area contributed by atoms with Crippen LogP contribution in [-0.4, -0.2) is 48.7 Å². The second-order valence-corrected chi connectivity index (χ2v) is 11.9. The van der Waals surface area contributed by atoms with E-state index < -0.39 is 22.1 Å². The van der Waals surface area contributed by atoms with Gasteiger partial charge in [0.25, 0.3) is 5.91 Å². The van der Waals surface area contributed by atoms with E-state index in [0.717, 1.165) is 20.3 Å². The Balaban J connectivity index is 1.62. The quantitative estimate of drug-likeness (QED) is 0.434. The van der Waals surface area contributed by atoms with Gasteiger partial charge in [-0.05, 0) is 40.8 Å². The minimum absolute atomic E-state index is 0.0422. The zero-order chi connectivity index (χ0) is 25.9. The molecule has 3 N–H and O–H groups in total. The monoisotopic (exact) mass is 566 g/mol. The molecule has 1 atom stereocenters. The summed E-state index contributed by atoms with van der Waals surface area (Å²) in [6.45, 7) is 0.535. The van der Waals surface area contributed by atoms with Crippen LogP contribution in [0.4, 0.5) is 0 Å². The number of halogens is 2. The lowest BCUT2D eigenvalue weighted by Gasteiger charge is -2.29. The topological polar surface area (TPSA) is 113 Å². The molecule has 1 fully saturated rings. The number of hydrogen-bond acceptors (Lipinski definition) is 6. The van der Waals surface area contributed by atoms with Crippen molar-refractivity contribution in [2.24, 2.45) is 5.73 Å². The Hall–Kier alpha value is -2.47. The highest BCUT2D eigenvalue weighted by molar-refractivity contribution is 7.89. The average molecular weight is 568 g/mol. The summed E-state index contributed by atoms with van der Waals surface area (Å²) in [5.41, 5.74) is 7.41. The lowest BCUT2D eigenvalue weighted by atomic mass is 10.1. The zero-order valence-electron chi connectivity index (χ0n) is 19.1. The number of thiophene rings is 1. The van der Waals surface area contributed by atoms with E-state index in [4.69, 9.17) is 28.9 Å². The molecule has 1 aromatic heterocycles. The lowest BCUT2D eigenvalue weighted by Crippen LogP contribution is -2.53. The van der Waals surface area contributed by atoms with E-state index in [0.29, 0.717) is 6.54 Å². The largest absolute Gasteiger partial charge is 0.349 e. The fraction of sp³-hybridized carbons (Fsp3) is 0.250. The van der Waals surface area contributed by atoms with Gasteiger partial charge in [0, 0.05) is 31.1 Å². The van der Waals surface area contributed by atoms with Crippen molar-refractivity contribution >= 4 is 56.4 Å². The molecule has 1 saturated heterocycles. The van der Waals surface area contributed by atoms with Gasteiger partial charge in [-0.15, -0.1) is 11.3 Å². The molecule has 1 unspecified atom stereocenters. The van der Waals surface area contributed by atoms with Crippen LogP contribution in [-0.2, 0) is 39.1 Å². The maximum Gasteiger partial charge on any atom is 0.259 e. The molecule has 0 bridgehead atoms. The number of carbonyl (C=O) groups excluding carboxylic acids is 2. The summed E-state index contributed by atoms with van der Waals surface area (Å²) in [4.78, 5) is 28.6. The molecule has 4 rings (SSSR count). The standard InChI is InChI=1S/C24H24Cl2N4O4S2/c25-20-7-6-19(13-21(20)26)36(33,34)30-9-8-29(22(31)12-18-5-2-10-35-18)24(30)23(32)28-15-17-4-1-3-16(11-17)14-27/h1-7,10-11,13,24H,8-9,12,14-15,27H2,(H,28,32). The maximum absolute atomic E-state index is 13.6. The van der Waals surface area contributed by atoms with Crippen LogP contribution >= 0.6 is 34.5 Å². The van der Waals surface area contributed by atoms with Gasteiger partial charge in [0.2, 0.25) is 15.9 Å². The third kappa shape index (κ3) is 5.74. The second kappa shape index (κ2) is 11.3. The van der Waals surface area contributed by atoms with Crippen LogP contribution in [0, 0.1) is 0 Å². The van der Waals surface area contributed by atoms with E-state index in [9.17, 15) is 18.0 Å². The molecule has 190 valence electrons. The van der Waals surface area contributed by atoms with Crippen LogP contribution in [0.1, 0.15) is 16.0 Å². The second-order valence-electron chi connectivity index (χ2n) is 8.15. The number of sulfonamides is 1. The molecule has 1 aliphatic heterocycles. The van der Waals surface area contributed by atoms with Crippen molar-refractivity contribution < 1.29 is 18.0 Å². The highest BCUT2D eigenvalue weighted by Crippen LogP contribution is 2.30. The molecule has 3 aromatic rings. The molecule has 36 heavy (non-hydrogen) atoms. The molecule has 0 spiro atoms. The normalized spacial score (nSPS) is 16.3. The highest BCUT2D eigenvalue weighted by atomic mass is 35.5. The van der Waals surface area contributed by atoms with Crippen molar-refractivity contribution in [3.63, 3.8) is 0 Å². The van der Waals surface area contributed by atoms with Crippen molar-refractivity contribution in [2.45, 2.75) is 30.6 Å². The molecule has 1 aliphatic rings. The maximum atomic E-state index is 13.6. The predicted octanol–water partition coefficient (Wildman–Crippen LogP) is 3.23. The molecule has 2 amide bonds. The molecule has 12 heteroatoms. The van der Waals surface area contributed by atoms with Gasteiger partial charge in [-0.25, -0.2) is 8.42 Å². The van der Waals surface area contributed by atoms with Gasteiger partial charge in [0.1, 0.15) is 0 Å². The van der Waals surface area contributed by atoms with Crippen LogP contribution in [0.15, 0.2) is 64.9 Å². The van der Waals surface area contributed by atoms with Gasteiger partial charge in [0.05, 0.1) is 21.4 Å². The number of nitrogens with zero attached hydrogens (tertiary/aromatic N) is 2. The Morgan fingerprint density at radius 2 is 1.81 bits per heavy atom. The van der Waals surface area contributed by atoms with E-state index >= 15 is 0 Å². The van der Waals surface area contributed by atoms with Crippen molar-refractivity contribution in [3.05, 3.63) is 86.0 Å². The summed E-state index contributed by atoms with van der Waals surface area (Å²) < 4.78 is 28.1. The van der Waals surface area contributed by atoms with Crippen molar-refractivity contribution in [2.75, 3.05) is 13.1 Å². The number of benzene rings is 2. The first kappa shape index (κ1) is 26.6. The summed E-state index contributed by atoms with van der Waals surface area (Å²) in [5.74, 6) is -0.941. The summed E-state index contributed by atoms with van der Waals surface area (Å²) >= 11 is 13.4. The van der Waals surface area contributed by atoms with Crippen molar-refractivity contribution in [1.82, 2.24) is 14.5 Å². The van der Waals surface area contributed by atoms with Crippen LogP contribution < -0.4 is 11.1 Å². The molecule has 2 heterocycles. The van der Waals surface area contributed by atoms with Gasteiger partial charge in [-0.1, -0.05) is 53.5 Å². The summed E-state index contributed by atoms with van der Waals surface area (Å²) in [7, 11) is -4.17. The number of amides is 2. The molecule has 0 saturated carbocycles. The van der Waals surface area contributed by atoms with E-state index in [2.05, 4.69) is 5.32 Å². The minimum atomic E-state index is -4.17. The SMILES string of the molecule is NCc1cccc(CNC(=O)C2N(C(=O)Cc3cccs3)CCN2S(=O)(=O)c2ccc(Cl)c(Cl)c2)c1.